The fourth-order valence-corrected chi connectivity index (χ4v) is 0. The van der Waals surface area contributed by atoms with Gasteiger partial charge in [-0.2, -0.15) is 4.83 Å². The highest BCUT2D eigenvalue weighted by Gasteiger charge is 1.82. The predicted molar refractivity (Wildman–Crippen MR) is 24.1 cm³/mol. The van der Waals surface area contributed by atoms with Crippen molar-refractivity contribution in [2.45, 2.75) is 0 Å². The minimum Gasteiger partial charge on any atom is -0.259 e. The van der Waals surface area contributed by atoms with Gasteiger partial charge < -0.3 is 0 Å². The zero-order chi connectivity index (χ0) is 5.21. The van der Waals surface area contributed by atoms with Gasteiger partial charge >= 0.3 is 0 Å². The van der Waals surface area contributed by atoms with Crippen LogP contribution in [0, 0.1) is 4.78 Å². The maximum absolute atomic E-state index is 9.99. The van der Waals surface area contributed by atoms with Gasteiger partial charge in [0.15, 0.2) is 0 Å². The third kappa shape index (κ3) is 3.87. The highest BCUT2D eigenvalue weighted by atomic mass is 32.2. The van der Waals surface area contributed by atoms with E-state index in [2.05, 4.69) is 5.84 Å². The summed E-state index contributed by atoms with van der Waals surface area (Å²) in [6.07, 6.45) is 1.20. The van der Waals surface area contributed by atoms with E-state index in [0.717, 1.165) is 0 Å². The van der Waals surface area contributed by atoms with E-state index in [1.54, 1.807) is 4.83 Å². The standard InChI is InChI=1S/CH7N3OS/c1-6(3,5)4-2/h2H2,1H3,(H2,3,4,5). The quantitative estimate of drug-likeness (QED) is 0.299. The lowest BCUT2D eigenvalue weighted by atomic mass is 12.0. The lowest BCUT2D eigenvalue weighted by Gasteiger charge is -1.90. The van der Waals surface area contributed by atoms with E-state index in [0.29, 0.717) is 0 Å². The number of hydrogen-bond donors (Lipinski definition) is 3. The molecule has 38 valence electrons. The second-order valence-corrected chi connectivity index (χ2v) is 2.88. The van der Waals surface area contributed by atoms with E-state index in [9.17, 15) is 4.21 Å². The largest absolute Gasteiger partial charge is 0.259 e. The van der Waals surface area contributed by atoms with Crippen LogP contribution in [-0.2, 0) is 9.92 Å². The van der Waals surface area contributed by atoms with Gasteiger partial charge in [-0.3, -0.25) is 5.84 Å². The summed E-state index contributed by atoms with van der Waals surface area (Å²) in [6, 6.07) is 0. The van der Waals surface area contributed by atoms with Gasteiger partial charge in [0.05, 0.1) is 0 Å². The van der Waals surface area contributed by atoms with Gasteiger partial charge in [-0.1, -0.05) is 0 Å². The van der Waals surface area contributed by atoms with Gasteiger partial charge in [-0.25, -0.2) is 8.99 Å². The van der Waals surface area contributed by atoms with Gasteiger partial charge in [0.25, 0.3) is 0 Å². The zero-order valence-corrected chi connectivity index (χ0v) is 4.21. The molecule has 0 bridgehead atoms. The summed E-state index contributed by atoms with van der Waals surface area (Å²) in [7, 11) is -2.63. The second kappa shape index (κ2) is 1.55. The van der Waals surface area contributed by atoms with Crippen LogP contribution in [0.25, 0.3) is 0 Å². The van der Waals surface area contributed by atoms with Crippen molar-refractivity contribution in [3.63, 3.8) is 0 Å². The van der Waals surface area contributed by atoms with Crippen molar-refractivity contribution in [2.75, 3.05) is 6.26 Å². The summed E-state index contributed by atoms with van der Waals surface area (Å²) in [5, 5.41) is 0. The van der Waals surface area contributed by atoms with E-state index in [1.807, 2.05) is 0 Å². The molecule has 0 rings (SSSR count). The first-order valence-corrected chi connectivity index (χ1v) is 3.24. The van der Waals surface area contributed by atoms with Gasteiger partial charge in [-0.15, -0.1) is 0 Å². The molecule has 0 heterocycles. The van der Waals surface area contributed by atoms with Crippen molar-refractivity contribution in [1.82, 2.24) is 4.83 Å². The van der Waals surface area contributed by atoms with Crippen LogP contribution < -0.4 is 10.7 Å². The van der Waals surface area contributed by atoms with E-state index in [-0.39, 0.29) is 0 Å². The summed E-state index contributed by atoms with van der Waals surface area (Å²) < 4.78 is 16.5. The predicted octanol–water partition coefficient (Wildman–Crippen LogP) is -0.959. The molecule has 4 nitrogen and oxygen atoms in total. The fraction of sp³-hybridized carbons (Fsp3) is 1.00. The third-order valence-corrected chi connectivity index (χ3v) is 0.675. The van der Waals surface area contributed by atoms with Gasteiger partial charge in [0, 0.05) is 6.26 Å². The Hall–Kier alpha value is -0.130. The molecule has 0 fully saturated rings. The van der Waals surface area contributed by atoms with Crippen LogP contribution >= 0.6 is 0 Å². The number of nitrogens with two attached hydrogens (primary N) is 1. The van der Waals surface area contributed by atoms with Crippen LogP contribution in [0.2, 0.25) is 0 Å². The van der Waals surface area contributed by atoms with Crippen molar-refractivity contribution in [3.8, 4) is 0 Å². The molecule has 0 aromatic carbocycles. The molecule has 0 amide bonds. The second-order valence-electron chi connectivity index (χ2n) is 0.961. The van der Waals surface area contributed by atoms with Crippen LogP contribution in [0.15, 0.2) is 0 Å². The van der Waals surface area contributed by atoms with E-state index in [1.165, 1.54) is 6.26 Å². The van der Waals surface area contributed by atoms with Crippen LogP contribution in [0.4, 0.5) is 0 Å². The van der Waals surface area contributed by atoms with Crippen molar-refractivity contribution >= 4 is 9.92 Å². The molecular weight excluding hydrogens is 102 g/mol. The Labute approximate surface area is 36.8 Å². The first-order valence-electron chi connectivity index (χ1n) is 1.27. The van der Waals surface area contributed by atoms with Crippen LogP contribution in [0.1, 0.15) is 0 Å². The molecule has 4 N–H and O–H groups in total. The molecule has 1 unspecified atom stereocenters. The summed E-state index contributed by atoms with van der Waals surface area (Å²) in [4.78, 5) is 1.80. The average molecular weight is 109 g/mol. The van der Waals surface area contributed by atoms with E-state index < -0.39 is 9.92 Å². The summed E-state index contributed by atoms with van der Waals surface area (Å²) in [5.41, 5.74) is 0. The summed E-state index contributed by atoms with van der Waals surface area (Å²) >= 11 is 0. The monoisotopic (exact) mass is 109 g/mol. The maximum atomic E-state index is 9.99. The van der Waals surface area contributed by atoms with Gasteiger partial charge in [-0.05, 0) is 0 Å². The summed E-state index contributed by atoms with van der Waals surface area (Å²) in [6.45, 7) is 0. The summed E-state index contributed by atoms with van der Waals surface area (Å²) in [5.74, 6) is 4.59. The lowest BCUT2D eigenvalue weighted by Crippen LogP contribution is -2.27. The SMILES string of the molecule is CS(=N)(=O)NN. The number of hydrogen-bond acceptors (Lipinski definition) is 3. The normalized spacial score (nSPS) is 19.7. The van der Waals surface area contributed by atoms with Crippen molar-refractivity contribution in [1.29, 1.82) is 4.78 Å². The molecule has 0 aromatic heterocycles. The average Bonchev–Trinajstić information content (AvgIpc) is 1.35. The minimum absolute atomic E-state index is 1.20. The number of nitrogens with one attached hydrogen (secondary N) is 2. The Kier molecular flexibility index (Phi) is 1.51. The highest BCUT2D eigenvalue weighted by molar-refractivity contribution is 7.89. The van der Waals surface area contributed by atoms with Crippen LogP contribution in [0.3, 0.4) is 0 Å². The number of hydrazine groups is 1. The topological polar surface area (TPSA) is 79.0 Å². The van der Waals surface area contributed by atoms with Crippen LogP contribution in [-0.4, -0.2) is 10.5 Å². The molecule has 0 saturated carbocycles. The lowest BCUT2D eigenvalue weighted by molar-refractivity contribution is 0.670. The Morgan fingerprint density at radius 3 is 2.17 bits per heavy atom. The highest BCUT2D eigenvalue weighted by Crippen LogP contribution is 1.63. The van der Waals surface area contributed by atoms with Crippen molar-refractivity contribution < 1.29 is 4.21 Å². The Morgan fingerprint density at radius 1 is 2.00 bits per heavy atom. The molecule has 0 aliphatic heterocycles. The minimum atomic E-state index is -2.63. The molecule has 6 heavy (non-hydrogen) atoms. The van der Waals surface area contributed by atoms with Gasteiger partial charge in [0.1, 0.15) is 9.92 Å². The molecule has 0 radical (unpaired) electrons. The third-order valence-electron chi connectivity index (χ3n) is 0.225. The molecule has 5 heteroatoms. The molecular formula is CH7N3OS. The fourth-order valence-electron chi connectivity index (χ4n) is 0. The van der Waals surface area contributed by atoms with Gasteiger partial charge in [0.2, 0.25) is 0 Å². The number of rotatable bonds is 1. The molecule has 0 saturated heterocycles. The molecule has 1 atom stereocenters. The van der Waals surface area contributed by atoms with E-state index >= 15 is 0 Å². The van der Waals surface area contributed by atoms with Crippen molar-refractivity contribution in [3.05, 3.63) is 0 Å². The Balaban J connectivity index is 3.85. The Bertz CT molecular complexity index is 113. The molecule has 0 aromatic rings. The van der Waals surface area contributed by atoms with E-state index in [4.69, 9.17) is 4.78 Å². The Morgan fingerprint density at radius 2 is 2.17 bits per heavy atom. The smallest absolute Gasteiger partial charge is 0.115 e. The van der Waals surface area contributed by atoms with Crippen LogP contribution in [0.5, 0.6) is 0 Å². The molecule has 0 aliphatic rings. The first-order chi connectivity index (χ1) is 2.56. The molecule has 0 spiro atoms. The first kappa shape index (κ1) is 5.87. The van der Waals surface area contributed by atoms with Crippen molar-refractivity contribution in [2.24, 2.45) is 5.84 Å². The zero-order valence-electron chi connectivity index (χ0n) is 3.39. The molecule has 0 aliphatic carbocycles. The maximum Gasteiger partial charge on any atom is 0.115 e.